The van der Waals surface area contributed by atoms with E-state index in [9.17, 15) is 40.3 Å². The van der Waals surface area contributed by atoms with Crippen molar-refractivity contribution < 1.29 is 45.1 Å². The fraction of sp³-hybridized carbons (Fsp3) is 0.174. The minimum atomic E-state index is -6.49. The van der Waals surface area contributed by atoms with Gasteiger partial charge in [-0.3, -0.25) is 9.78 Å². The molecule has 0 aliphatic rings. The molecule has 3 N–H and O–H groups in total. The Balaban J connectivity index is 1.65. The van der Waals surface area contributed by atoms with Gasteiger partial charge in [-0.25, -0.2) is 4.79 Å². The molecule has 3 aromatic rings. The van der Waals surface area contributed by atoms with Crippen LogP contribution in [-0.4, -0.2) is 36.1 Å². The largest absolute Gasteiger partial charge is 0.460 e. The highest BCUT2D eigenvalue weighted by atomic mass is 19.4. The van der Waals surface area contributed by atoms with Crippen LogP contribution in [0.1, 0.15) is 16.1 Å². The number of benzene rings is 2. The van der Waals surface area contributed by atoms with Crippen molar-refractivity contribution >= 4 is 23.3 Å². The fourth-order valence-corrected chi connectivity index (χ4v) is 2.91. The summed E-state index contributed by atoms with van der Waals surface area (Å²) in [6, 6.07) is 10.2. The summed E-state index contributed by atoms with van der Waals surface area (Å²) in [6.45, 7) is 0. The lowest BCUT2D eigenvalue weighted by atomic mass is 10.0. The molecule has 2 aromatic carbocycles. The maximum atomic E-state index is 13.9. The first kappa shape index (κ1) is 27.2. The zero-order valence-electron chi connectivity index (χ0n) is 18.7. The third-order valence-corrected chi connectivity index (χ3v) is 4.77. The smallest absolute Gasteiger partial charge is 0.457 e. The van der Waals surface area contributed by atoms with Crippen molar-refractivity contribution in [3.63, 3.8) is 0 Å². The number of anilines is 2. The molecule has 0 atom stereocenters. The average molecular weight is 530 g/mol. The number of amides is 3. The summed E-state index contributed by atoms with van der Waals surface area (Å²) in [5, 5.41) is 6.85. The molecule has 1 heterocycles. The van der Waals surface area contributed by atoms with Gasteiger partial charge in [-0.2, -0.15) is 30.7 Å². The molecule has 3 amide bonds. The number of alkyl halides is 7. The molecule has 1 aromatic heterocycles. The quantitative estimate of drug-likeness (QED) is 0.319. The van der Waals surface area contributed by atoms with Gasteiger partial charge in [-0.1, -0.05) is 12.1 Å². The van der Waals surface area contributed by atoms with E-state index in [0.29, 0.717) is 23.6 Å². The third kappa shape index (κ3) is 6.08. The number of pyridine rings is 1. The van der Waals surface area contributed by atoms with E-state index in [1.54, 1.807) is 0 Å². The molecular formula is C23H17F7N4O3. The van der Waals surface area contributed by atoms with E-state index in [2.05, 4.69) is 20.9 Å². The number of ether oxygens (including phenoxy) is 1. The topological polar surface area (TPSA) is 92.4 Å². The molecule has 3 rings (SSSR count). The van der Waals surface area contributed by atoms with Gasteiger partial charge in [-0.15, -0.1) is 0 Å². The zero-order chi connectivity index (χ0) is 27.4. The van der Waals surface area contributed by atoms with Crippen LogP contribution >= 0.6 is 0 Å². The minimum Gasteiger partial charge on any atom is -0.457 e. The number of rotatable bonds is 7. The van der Waals surface area contributed by atoms with E-state index in [4.69, 9.17) is 4.74 Å². The molecule has 0 unspecified atom stereocenters. The molecule has 0 aliphatic carbocycles. The number of aromatic nitrogens is 1. The molecule has 0 spiro atoms. The van der Waals surface area contributed by atoms with Crippen LogP contribution in [0.4, 0.5) is 46.9 Å². The first-order valence-electron chi connectivity index (χ1n) is 10.2. The van der Waals surface area contributed by atoms with Gasteiger partial charge in [-0.05, 0) is 42.5 Å². The monoisotopic (exact) mass is 530 g/mol. The number of nitrogens with one attached hydrogen (secondary N) is 3. The van der Waals surface area contributed by atoms with Gasteiger partial charge in [0.2, 0.25) is 0 Å². The molecule has 0 bridgehead atoms. The summed E-state index contributed by atoms with van der Waals surface area (Å²) < 4.78 is 97.4. The van der Waals surface area contributed by atoms with Crippen LogP contribution in [-0.2, 0) is 5.92 Å². The molecule has 14 heteroatoms. The molecule has 37 heavy (non-hydrogen) atoms. The number of nitrogens with zero attached hydrogens (tertiary/aromatic N) is 1. The number of halogens is 7. The van der Waals surface area contributed by atoms with Crippen LogP contribution in [0, 0.1) is 0 Å². The minimum absolute atomic E-state index is 0.124. The highest BCUT2D eigenvalue weighted by Crippen LogP contribution is 2.52. The second-order valence-electron chi connectivity index (χ2n) is 7.39. The molecule has 0 fully saturated rings. The Morgan fingerprint density at radius 1 is 0.811 bits per heavy atom. The van der Waals surface area contributed by atoms with Crippen molar-refractivity contribution in [2.45, 2.75) is 18.0 Å². The van der Waals surface area contributed by atoms with E-state index >= 15 is 0 Å². The predicted molar refractivity (Wildman–Crippen MR) is 118 cm³/mol. The summed E-state index contributed by atoms with van der Waals surface area (Å²) in [7, 11) is 1.44. The lowest BCUT2D eigenvalue weighted by molar-refractivity contribution is -0.359. The van der Waals surface area contributed by atoms with Gasteiger partial charge in [0.25, 0.3) is 5.91 Å². The van der Waals surface area contributed by atoms with Gasteiger partial charge < -0.3 is 20.7 Å². The maximum absolute atomic E-state index is 13.9. The van der Waals surface area contributed by atoms with Crippen LogP contribution in [0.25, 0.3) is 0 Å². The van der Waals surface area contributed by atoms with E-state index in [0.717, 1.165) is 12.1 Å². The number of urea groups is 1. The zero-order valence-corrected chi connectivity index (χ0v) is 18.7. The Morgan fingerprint density at radius 3 is 2.08 bits per heavy atom. The molecule has 0 aliphatic heterocycles. The Labute approximate surface area is 204 Å². The van der Waals surface area contributed by atoms with Crippen molar-refractivity contribution in [2.75, 3.05) is 17.7 Å². The Bertz CT molecular complexity index is 1280. The van der Waals surface area contributed by atoms with Crippen molar-refractivity contribution in [1.29, 1.82) is 0 Å². The molecule has 0 saturated heterocycles. The number of hydrogen-bond acceptors (Lipinski definition) is 4. The van der Waals surface area contributed by atoms with Gasteiger partial charge in [0.15, 0.2) is 0 Å². The Kier molecular flexibility index (Phi) is 7.60. The van der Waals surface area contributed by atoms with Crippen molar-refractivity contribution in [2.24, 2.45) is 0 Å². The van der Waals surface area contributed by atoms with Crippen LogP contribution in [0.5, 0.6) is 11.5 Å². The Morgan fingerprint density at radius 2 is 1.46 bits per heavy atom. The first-order chi connectivity index (χ1) is 17.2. The third-order valence-electron chi connectivity index (χ3n) is 4.77. The lowest BCUT2D eigenvalue weighted by Gasteiger charge is -2.28. The normalized spacial score (nSPS) is 12.0. The van der Waals surface area contributed by atoms with E-state index < -0.39 is 41.2 Å². The molecule has 7 nitrogen and oxygen atoms in total. The highest BCUT2D eigenvalue weighted by Gasteiger charge is 2.73. The van der Waals surface area contributed by atoms with Crippen LogP contribution < -0.4 is 20.7 Å². The van der Waals surface area contributed by atoms with Gasteiger partial charge in [0.05, 0.1) is 0 Å². The molecular weight excluding hydrogens is 513 g/mol. The number of carbonyl (C=O) groups excluding carboxylic acids is 2. The SMILES string of the molecule is CNC(=O)c1cc(Oc2ccc(NC(=O)Nc3cccc(C(F)(F)C(F)(F)C(F)(F)F)c3)cc2)ccn1. The molecule has 0 radical (unpaired) electrons. The van der Waals surface area contributed by atoms with Crippen molar-refractivity contribution in [3.8, 4) is 11.5 Å². The Hall–Kier alpha value is -4.36. The first-order valence-corrected chi connectivity index (χ1v) is 10.2. The average Bonchev–Trinajstić information content (AvgIpc) is 2.84. The van der Waals surface area contributed by atoms with Gasteiger partial charge in [0.1, 0.15) is 17.2 Å². The number of hydrogen-bond donors (Lipinski definition) is 3. The van der Waals surface area contributed by atoms with Crippen LogP contribution in [0.2, 0.25) is 0 Å². The van der Waals surface area contributed by atoms with Crippen LogP contribution in [0.3, 0.4) is 0 Å². The maximum Gasteiger partial charge on any atom is 0.460 e. The summed E-state index contributed by atoms with van der Waals surface area (Å²) in [5.74, 6) is -11.7. The summed E-state index contributed by atoms with van der Waals surface area (Å²) in [5.41, 5.74) is -1.75. The van der Waals surface area contributed by atoms with Gasteiger partial charge >= 0.3 is 24.1 Å². The number of carbonyl (C=O) groups is 2. The summed E-state index contributed by atoms with van der Waals surface area (Å²) in [6.07, 6.45) is -5.12. The van der Waals surface area contributed by atoms with Gasteiger partial charge in [0, 0.05) is 36.2 Å². The molecule has 196 valence electrons. The summed E-state index contributed by atoms with van der Waals surface area (Å²) in [4.78, 5) is 27.7. The second-order valence-corrected chi connectivity index (χ2v) is 7.39. The van der Waals surface area contributed by atoms with E-state index in [1.807, 2.05) is 0 Å². The molecule has 0 saturated carbocycles. The highest BCUT2D eigenvalue weighted by molar-refractivity contribution is 5.99. The van der Waals surface area contributed by atoms with E-state index in [1.165, 1.54) is 49.6 Å². The standard InChI is InChI=1S/C23H17F7N4O3/c1-31-19(35)18-12-17(9-10-32-18)37-16-7-5-14(6-8-16)33-20(36)34-15-4-2-3-13(11-15)21(24,25)22(26,27)23(28,29)30/h2-12H,1H3,(H,31,35)(H2,33,34,36). The van der Waals surface area contributed by atoms with Crippen molar-refractivity contribution in [1.82, 2.24) is 10.3 Å². The lowest BCUT2D eigenvalue weighted by Crippen LogP contribution is -2.50. The van der Waals surface area contributed by atoms with E-state index in [-0.39, 0.29) is 11.4 Å². The van der Waals surface area contributed by atoms with Crippen LogP contribution in [0.15, 0.2) is 66.9 Å². The fourth-order valence-electron chi connectivity index (χ4n) is 2.91. The predicted octanol–water partition coefficient (Wildman–Crippen LogP) is 6.17. The van der Waals surface area contributed by atoms with Crippen molar-refractivity contribution in [3.05, 3.63) is 78.1 Å². The summed E-state index contributed by atoms with van der Waals surface area (Å²) >= 11 is 0. The second kappa shape index (κ2) is 10.3.